The van der Waals surface area contributed by atoms with Crippen molar-refractivity contribution >= 4 is 11.9 Å². The molecular weight excluding hydrogens is 220 g/mol. The number of hydrogen-bond acceptors (Lipinski definition) is 4. The maximum Gasteiger partial charge on any atom is 0.335 e. The Balaban J connectivity index is 2.68. The van der Waals surface area contributed by atoms with Gasteiger partial charge in [0.1, 0.15) is 5.92 Å². The van der Waals surface area contributed by atoms with Crippen LogP contribution in [0.15, 0.2) is 23.8 Å². The van der Waals surface area contributed by atoms with Crippen molar-refractivity contribution in [3.63, 3.8) is 0 Å². The summed E-state index contributed by atoms with van der Waals surface area (Å²) in [7, 11) is 0. The van der Waals surface area contributed by atoms with Crippen LogP contribution >= 0.6 is 0 Å². The van der Waals surface area contributed by atoms with Gasteiger partial charge in [-0.2, -0.15) is 0 Å². The van der Waals surface area contributed by atoms with Gasteiger partial charge in [-0.05, 0) is 27.7 Å². The molecule has 4 nitrogen and oxygen atoms in total. The highest BCUT2D eigenvalue weighted by atomic mass is 16.5. The number of allylic oxidation sites excluding steroid dienone is 2. The molecule has 0 aromatic carbocycles. The third-order valence-electron chi connectivity index (χ3n) is 2.10. The lowest BCUT2D eigenvalue weighted by atomic mass is 10.0. The zero-order chi connectivity index (χ0) is 13.0. The van der Waals surface area contributed by atoms with Crippen LogP contribution < -0.4 is 0 Å². The van der Waals surface area contributed by atoms with E-state index in [4.69, 9.17) is 9.47 Å². The Hall–Kier alpha value is -1.58. The van der Waals surface area contributed by atoms with Crippen LogP contribution in [-0.2, 0) is 19.1 Å². The fourth-order valence-corrected chi connectivity index (χ4v) is 1.47. The van der Waals surface area contributed by atoms with Gasteiger partial charge in [-0.15, -0.1) is 0 Å². The van der Waals surface area contributed by atoms with Gasteiger partial charge >= 0.3 is 11.9 Å². The minimum Gasteiger partial charge on any atom is -0.462 e. The van der Waals surface area contributed by atoms with Crippen molar-refractivity contribution in [2.45, 2.75) is 39.9 Å². The molecule has 0 aliphatic heterocycles. The predicted octanol–water partition coefficient (Wildman–Crippen LogP) is 2.00. The van der Waals surface area contributed by atoms with Crippen LogP contribution in [0, 0.1) is 5.92 Å². The lowest BCUT2D eigenvalue weighted by Crippen LogP contribution is -2.25. The van der Waals surface area contributed by atoms with Crippen LogP contribution in [0.25, 0.3) is 0 Å². The summed E-state index contributed by atoms with van der Waals surface area (Å²) >= 11 is 0. The molecule has 4 heteroatoms. The maximum atomic E-state index is 11.7. The molecule has 0 saturated carbocycles. The molecule has 17 heavy (non-hydrogen) atoms. The van der Waals surface area contributed by atoms with E-state index in [9.17, 15) is 9.59 Å². The van der Waals surface area contributed by atoms with E-state index in [1.165, 1.54) is 0 Å². The second-order valence-corrected chi connectivity index (χ2v) is 4.42. The molecule has 0 fully saturated rings. The molecule has 0 aromatic heterocycles. The third-order valence-corrected chi connectivity index (χ3v) is 2.10. The summed E-state index contributed by atoms with van der Waals surface area (Å²) in [6, 6.07) is 0. The average molecular weight is 238 g/mol. The zero-order valence-electron chi connectivity index (χ0n) is 10.6. The highest BCUT2D eigenvalue weighted by Gasteiger charge is 2.30. The number of ether oxygens (including phenoxy) is 2. The normalized spacial score (nSPS) is 18.5. The van der Waals surface area contributed by atoms with E-state index in [1.807, 2.05) is 0 Å². The van der Waals surface area contributed by atoms with Gasteiger partial charge in [0.15, 0.2) is 0 Å². The summed E-state index contributed by atoms with van der Waals surface area (Å²) in [5.41, 5.74) is 0.337. The first-order valence-electron chi connectivity index (χ1n) is 5.71. The van der Waals surface area contributed by atoms with Gasteiger partial charge in [0.2, 0.25) is 0 Å². The summed E-state index contributed by atoms with van der Waals surface area (Å²) in [5.74, 6) is -1.51. The monoisotopic (exact) mass is 238 g/mol. The summed E-state index contributed by atoms with van der Waals surface area (Å²) < 4.78 is 10.1. The van der Waals surface area contributed by atoms with E-state index in [1.54, 1.807) is 45.9 Å². The molecule has 0 saturated heterocycles. The van der Waals surface area contributed by atoms with Gasteiger partial charge in [0.05, 0.1) is 17.8 Å². The van der Waals surface area contributed by atoms with Crippen molar-refractivity contribution in [3.8, 4) is 0 Å². The Morgan fingerprint density at radius 1 is 1.12 bits per heavy atom. The second kappa shape index (κ2) is 5.66. The summed E-state index contributed by atoms with van der Waals surface area (Å²) in [6.45, 7) is 7.07. The number of carbonyl (C=O) groups excluding carboxylic acids is 2. The number of hydrogen-bond donors (Lipinski definition) is 0. The molecule has 0 aromatic rings. The topological polar surface area (TPSA) is 52.6 Å². The van der Waals surface area contributed by atoms with E-state index in [2.05, 4.69) is 0 Å². The first-order chi connectivity index (χ1) is 7.91. The van der Waals surface area contributed by atoms with E-state index in [0.717, 1.165) is 0 Å². The molecule has 94 valence electrons. The maximum absolute atomic E-state index is 11.7. The lowest BCUT2D eigenvalue weighted by Gasteiger charge is -2.15. The van der Waals surface area contributed by atoms with Crippen molar-refractivity contribution < 1.29 is 19.1 Å². The van der Waals surface area contributed by atoms with Crippen LogP contribution in [0.5, 0.6) is 0 Å². The fourth-order valence-electron chi connectivity index (χ4n) is 1.47. The van der Waals surface area contributed by atoms with Crippen LogP contribution in [-0.4, -0.2) is 24.1 Å². The van der Waals surface area contributed by atoms with E-state index >= 15 is 0 Å². The molecule has 1 aliphatic rings. The van der Waals surface area contributed by atoms with Crippen molar-refractivity contribution in [2.75, 3.05) is 0 Å². The molecule has 0 N–H and O–H groups in total. The summed E-state index contributed by atoms with van der Waals surface area (Å²) in [5, 5.41) is 0. The zero-order valence-corrected chi connectivity index (χ0v) is 10.6. The molecule has 1 atom stereocenters. The van der Waals surface area contributed by atoms with Crippen LogP contribution in [0.4, 0.5) is 0 Å². The molecule has 1 unspecified atom stereocenters. The fraction of sp³-hybridized carbons (Fsp3) is 0.538. The molecule has 0 bridgehead atoms. The van der Waals surface area contributed by atoms with Gasteiger partial charge in [-0.1, -0.05) is 18.2 Å². The Kier molecular flexibility index (Phi) is 4.49. The van der Waals surface area contributed by atoms with Gasteiger partial charge in [0, 0.05) is 0 Å². The molecule has 0 radical (unpaired) electrons. The highest BCUT2D eigenvalue weighted by Crippen LogP contribution is 2.23. The third kappa shape index (κ3) is 3.73. The summed E-state index contributed by atoms with van der Waals surface area (Å²) in [4.78, 5) is 23.5. The average Bonchev–Trinajstić information content (AvgIpc) is 2.63. The predicted molar refractivity (Wildman–Crippen MR) is 63.2 cm³/mol. The molecule has 0 heterocycles. The smallest absolute Gasteiger partial charge is 0.335 e. The SMILES string of the molecule is CC(C)OC(=O)C1=CC=CC1C(=O)OC(C)C. The molecule has 1 aliphatic carbocycles. The summed E-state index contributed by atoms with van der Waals surface area (Å²) in [6.07, 6.45) is 4.51. The Morgan fingerprint density at radius 2 is 1.71 bits per heavy atom. The van der Waals surface area contributed by atoms with Crippen LogP contribution in [0.2, 0.25) is 0 Å². The Bertz CT molecular complexity index is 364. The van der Waals surface area contributed by atoms with Crippen molar-refractivity contribution in [3.05, 3.63) is 23.8 Å². The van der Waals surface area contributed by atoms with Gasteiger partial charge in [-0.25, -0.2) is 4.79 Å². The minimum absolute atomic E-state index is 0.195. The first kappa shape index (κ1) is 13.5. The quantitative estimate of drug-likeness (QED) is 0.703. The largest absolute Gasteiger partial charge is 0.462 e. The van der Waals surface area contributed by atoms with Gasteiger partial charge < -0.3 is 9.47 Å². The number of carbonyl (C=O) groups is 2. The van der Waals surface area contributed by atoms with E-state index in [-0.39, 0.29) is 12.2 Å². The van der Waals surface area contributed by atoms with E-state index in [0.29, 0.717) is 5.57 Å². The van der Waals surface area contributed by atoms with Gasteiger partial charge in [0.25, 0.3) is 0 Å². The van der Waals surface area contributed by atoms with Crippen molar-refractivity contribution in [2.24, 2.45) is 5.92 Å². The Morgan fingerprint density at radius 3 is 2.24 bits per heavy atom. The molecule has 0 amide bonds. The first-order valence-corrected chi connectivity index (χ1v) is 5.71. The lowest BCUT2D eigenvalue weighted by molar-refractivity contribution is -0.152. The molecule has 0 spiro atoms. The number of esters is 2. The van der Waals surface area contributed by atoms with Crippen LogP contribution in [0.1, 0.15) is 27.7 Å². The van der Waals surface area contributed by atoms with Crippen LogP contribution in [0.3, 0.4) is 0 Å². The van der Waals surface area contributed by atoms with Crippen molar-refractivity contribution in [1.29, 1.82) is 0 Å². The second-order valence-electron chi connectivity index (χ2n) is 4.42. The number of rotatable bonds is 4. The van der Waals surface area contributed by atoms with Crippen molar-refractivity contribution in [1.82, 2.24) is 0 Å². The van der Waals surface area contributed by atoms with Gasteiger partial charge in [-0.3, -0.25) is 4.79 Å². The highest BCUT2D eigenvalue weighted by molar-refractivity contribution is 5.98. The standard InChI is InChI=1S/C13H18O4/c1-8(2)16-12(14)10-6-5-7-11(10)13(15)17-9(3)4/h5-10H,1-4H3. The molecule has 1 rings (SSSR count). The van der Waals surface area contributed by atoms with E-state index < -0.39 is 17.9 Å². The molecular formula is C13H18O4. The minimum atomic E-state index is -0.636. The Labute approximate surface area is 101 Å².